The first-order valence-electron chi connectivity index (χ1n) is 15.0. The maximum atomic E-state index is 12.2. The van der Waals surface area contributed by atoms with Crippen molar-refractivity contribution in [1.82, 2.24) is 0 Å². The number of rotatable bonds is 8. The summed E-state index contributed by atoms with van der Waals surface area (Å²) in [6, 6.07) is 38.7. The van der Waals surface area contributed by atoms with Crippen LogP contribution in [0.1, 0.15) is 31.2 Å². The molecular weight excluding hydrogens is 673 g/mol. The molecule has 0 aliphatic rings. The summed E-state index contributed by atoms with van der Waals surface area (Å²) in [5, 5.41) is 29.9. The van der Waals surface area contributed by atoms with Crippen molar-refractivity contribution in [3.8, 4) is 22.6 Å². The number of methoxy groups -OCH3 is 1. The lowest BCUT2D eigenvalue weighted by Crippen LogP contribution is -2.14. The maximum absolute atomic E-state index is 12.2. The Hall–Kier alpha value is -5.80. The molecule has 6 rings (SSSR count). The number of carboxylic acid groups (broad SMARTS) is 2. The summed E-state index contributed by atoms with van der Waals surface area (Å²) in [5.74, 6) is -1.54. The highest BCUT2D eigenvalue weighted by atomic mass is 32.1. The number of aliphatic imine (C=N–C) groups is 1. The molecule has 50 heavy (non-hydrogen) atoms. The van der Waals surface area contributed by atoms with E-state index in [0.29, 0.717) is 21.2 Å². The minimum Gasteiger partial charge on any atom is -0.507 e. The fourth-order valence-corrected chi connectivity index (χ4v) is 6.58. The fraction of sp³-hybridized carbons (Fsp3) is 0.0513. The van der Waals surface area contributed by atoms with Gasteiger partial charge in [0.2, 0.25) is 0 Å². The molecule has 0 saturated carbocycles. The zero-order valence-corrected chi connectivity index (χ0v) is 28.8. The predicted octanol–water partition coefficient (Wildman–Crippen LogP) is 8.18. The van der Waals surface area contributed by atoms with Crippen molar-refractivity contribution in [3.05, 3.63) is 160 Å². The lowest BCUT2D eigenvalue weighted by molar-refractivity contribution is 0.0686. The van der Waals surface area contributed by atoms with Gasteiger partial charge in [-0.2, -0.15) is 0 Å². The Morgan fingerprint density at radius 2 is 1.32 bits per heavy atom. The minimum absolute atomic E-state index is 0.130. The molecule has 0 aliphatic heterocycles. The van der Waals surface area contributed by atoms with Crippen molar-refractivity contribution in [2.75, 3.05) is 7.11 Å². The first kappa shape index (κ1) is 37.0. The van der Waals surface area contributed by atoms with E-state index in [1.54, 1.807) is 74.0 Å². The van der Waals surface area contributed by atoms with Crippen molar-refractivity contribution in [2.45, 2.75) is 6.92 Å². The minimum atomic E-state index is -3.40. The zero-order valence-electron chi connectivity index (χ0n) is 27.1. The van der Waals surface area contributed by atoms with E-state index in [1.807, 2.05) is 73.0 Å². The Morgan fingerprint density at radius 1 is 0.740 bits per heavy atom. The number of thiophene rings is 1. The van der Waals surface area contributed by atoms with Crippen molar-refractivity contribution >= 4 is 53.2 Å². The van der Waals surface area contributed by atoms with Crippen LogP contribution in [0.15, 0.2) is 144 Å². The quantitative estimate of drug-likeness (QED) is 0.0913. The van der Waals surface area contributed by atoms with Gasteiger partial charge in [-0.3, -0.25) is 9.56 Å². The molecule has 0 bridgehead atoms. The molecule has 1 aromatic heterocycles. The lowest BCUT2D eigenvalue weighted by atomic mass is 10.1. The largest absolute Gasteiger partial charge is 0.507 e. The van der Waals surface area contributed by atoms with E-state index < -0.39 is 19.3 Å². The average molecular weight is 708 g/mol. The molecule has 0 spiro atoms. The Labute approximate surface area is 293 Å². The van der Waals surface area contributed by atoms with E-state index in [0.717, 1.165) is 22.4 Å². The lowest BCUT2D eigenvalue weighted by Gasteiger charge is -2.11. The highest BCUT2D eigenvalue weighted by Crippen LogP contribution is 2.37. The first-order chi connectivity index (χ1) is 24.0. The second kappa shape index (κ2) is 17.6. The topological polar surface area (TPSA) is 154 Å². The molecule has 4 N–H and O–H groups in total. The molecule has 0 aliphatic carbocycles. The van der Waals surface area contributed by atoms with Crippen molar-refractivity contribution < 1.29 is 39.1 Å². The summed E-state index contributed by atoms with van der Waals surface area (Å²) in [6.45, 7) is 2.00. The standard InChI is InChI=1S/C15H13NO3.C12H10O3S.C12H11O2P/c1-10-2-4-11(5-3-10)9-16-12-6-7-13(15(18)19)14(17)8-12;1-15-10-4-2-8(3-5-10)9-6-11(12(13)14)16-7-9;13-15(14,11-7-3-1-4-8-11)12-9-5-2-6-10-12/h2-9,17H,1H3,(H,18,19);2-7H,1H3,(H,13,14);1-10H,(H,13,14). The Bertz CT molecular complexity index is 2050. The number of aryl methyl sites for hydroxylation is 1. The third kappa shape index (κ3) is 10.3. The summed E-state index contributed by atoms with van der Waals surface area (Å²) in [4.78, 5) is 36.0. The van der Waals surface area contributed by atoms with Gasteiger partial charge in [0.25, 0.3) is 7.37 Å². The van der Waals surface area contributed by atoms with Crippen molar-refractivity contribution in [2.24, 2.45) is 4.99 Å². The summed E-state index contributed by atoms with van der Waals surface area (Å²) >= 11 is 1.23. The highest BCUT2D eigenvalue weighted by Gasteiger charge is 2.22. The fourth-order valence-electron chi connectivity index (χ4n) is 4.38. The number of phenols is 1. The van der Waals surface area contributed by atoms with Crippen molar-refractivity contribution in [3.63, 3.8) is 0 Å². The molecule has 11 heteroatoms. The molecule has 0 atom stereocenters. The normalized spacial score (nSPS) is 10.7. The van der Waals surface area contributed by atoms with Gasteiger partial charge in [-0.1, -0.05) is 78.4 Å². The first-order valence-corrected chi connectivity index (χ1v) is 17.6. The van der Waals surface area contributed by atoms with E-state index in [9.17, 15) is 24.2 Å². The van der Waals surface area contributed by atoms with Crippen LogP contribution >= 0.6 is 18.7 Å². The van der Waals surface area contributed by atoms with E-state index in [1.165, 1.54) is 29.0 Å². The van der Waals surface area contributed by atoms with Gasteiger partial charge in [0.15, 0.2) is 0 Å². The maximum Gasteiger partial charge on any atom is 0.345 e. The molecular formula is C39H34NO8PS. The predicted molar refractivity (Wildman–Crippen MR) is 199 cm³/mol. The van der Waals surface area contributed by atoms with Crippen LogP contribution in [0.5, 0.6) is 11.5 Å². The number of nitrogens with zero attached hydrogens (tertiary/aromatic N) is 1. The van der Waals surface area contributed by atoms with E-state index in [-0.39, 0.29) is 11.3 Å². The number of ether oxygens (including phenoxy) is 1. The molecule has 0 saturated heterocycles. The molecule has 0 unspecified atom stereocenters. The van der Waals surface area contributed by atoms with Crippen molar-refractivity contribution in [1.29, 1.82) is 0 Å². The molecule has 5 aromatic carbocycles. The van der Waals surface area contributed by atoms with Crippen LogP contribution in [0.2, 0.25) is 0 Å². The number of benzene rings is 5. The van der Waals surface area contributed by atoms with Gasteiger partial charge in [-0.15, -0.1) is 11.3 Å². The Kier molecular flexibility index (Phi) is 13.0. The van der Waals surface area contributed by atoms with Crippen LogP contribution in [-0.4, -0.2) is 45.5 Å². The van der Waals surface area contributed by atoms with E-state index >= 15 is 0 Å². The monoisotopic (exact) mass is 707 g/mol. The van der Waals surface area contributed by atoms with Gasteiger partial charge in [0, 0.05) is 22.9 Å². The van der Waals surface area contributed by atoms with E-state index in [2.05, 4.69) is 4.99 Å². The number of aromatic hydroxyl groups is 1. The summed E-state index contributed by atoms with van der Waals surface area (Å²) in [7, 11) is -1.78. The SMILES string of the molecule is COc1ccc(-c2csc(C(=O)O)c2)cc1.Cc1ccc(C=Nc2ccc(C(=O)O)c(O)c2)cc1.O=P(O)(c1ccccc1)c1ccccc1. The van der Waals surface area contributed by atoms with Crippen LogP contribution in [-0.2, 0) is 4.57 Å². The number of carboxylic acids is 2. The molecule has 9 nitrogen and oxygen atoms in total. The Balaban J connectivity index is 0.000000170. The number of carbonyl (C=O) groups is 2. The summed E-state index contributed by atoms with van der Waals surface area (Å²) < 4.78 is 17.2. The van der Waals surface area contributed by atoms with Gasteiger partial charge in [-0.25, -0.2) is 9.59 Å². The summed E-state index contributed by atoms with van der Waals surface area (Å²) in [6.07, 6.45) is 1.66. The Morgan fingerprint density at radius 3 is 1.80 bits per heavy atom. The molecule has 6 aromatic rings. The van der Waals surface area contributed by atoms with E-state index in [4.69, 9.17) is 14.9 Å². The third-order valence-corrected chi connectivity index (χ3v) is 10.0. The third-order valence-electron chi connectivity index (χ3n) is 7.10. The molecule has 1 heterocycles. The van der Waals surface area contributed by atoms with Gasteiger partial charge in [0.05, 0.1) is 12.8 Å². The highest BCUT2D eigenvalue weighted by molar-refractivity contribution is 7.73. The van der Waals surface area contributed by atoms with Gasteiger partial charge in [-0.05, 0) is 83.6 Å². The van der Waals surface area contributed by atoms with Crippen LogP contribution in [0, 0.1) is 6.92 Å². The van der Waals surface area contributed by atoms with Gasteiger partial charge in [0.1, 0.15) is 21.9 Å². The molecule has 254 valence electrons. The number of aromatic carboxylic acids is 2. The second-order valence-corrected chi connectivity index (χ2v) is 13.8. The molecule has 0 radical (unpaired) electrons. The molecule has 0 fully saturated rings. The number of hydrogen-bond acceptors (Lipinski definition) is 7. The number of hydrogen-bond donors (Lipinski definition) is 4. The van der Waals surface area contributed by atoms with Gasteiger partial charge >= 0.3 is 11.9 Å². The smallest absolute Gasteiger partial charge is 0.345 e. The average Bonchev–Trinajstić information content (AvgIpc) is 3.64. The zero-order chi connectivity index (χ0) is 36.1. The second-order valence-electron chi connectivity index (χ2n) is 10.7. The van der Waals surface area contributed by atoms with Crippen LogP contribution in [0.25, 0.3) is 11.1 Å². The van der Waals surface area contributed by atoms with Crippen LogP contribution in [0.3, 0.4) is 0 Å². The van der Waals surface area contributed by atoms with Crippen LogP contribution < -0.4 is 15.3 Å². The van der Waals surface area contributed by atoms with Gasteiger partial charge < -0.3 is 24.9 Å². The molecule has 0 amide bonds. The summed E-state index contributed by atoms with van der Waals surface area (Å²) in [5.41, 5.74) is 4.39. The van der Waals surface area contributed by atoms with Crippen LogP contribution in [0.4, 0.5) is 5.69 Å².